The molecule has 4 rings (SSSR count). The van der Waals surface area contributed by atoms with Gasteiger partial charge in [-0.15, -0.1) is 0 Å². The third-order valence-electron chi connectivity index (χ3n) is 6.42. The highest BCUT2D eigenvalue weighted by Crippen LogP contribution is 2.41. The second kappa shape index (κ2) is 8.49. The van der Waals surface area contributed by atoms with Crippen LogP contribution in [0.25, 0.3) is 0 Å². The van der Waals surface area contributed by atoms with E-state index in [1.54, 1.807) is 13.3 Å². The molecular formula is C23H28FN3O2. The Morgan fingerprint density at radius 3 is 2.69 bits per heavy atom. The number of hydrogen-bond acceptors (Lipinski definition) is 4. The Hall–Kier alpha value is -2.47. The van der Waals surface area contributed by atoms with Crippen LogP contribution in [0, 0.1) is 11.2 Å². The zero-order chi connectivity index (χ0) is 20.3. The van der Waals surface area contributed by atoms with Gasteiger partial charge in [-0.25, -0.2) is 4.39 Å². The van der Waals surface area contributed by atoms with Crippen LogP contribution in [0.2, 0.25) is 0 Å². The van der Waals surface area contributed by atoms with Crippen molar-refractivity contribution in [2.45, 2.75) is 38.8 Å². The molecule has 2 fully saturated rings. The van der Waals surface area contributed by atoms with E-state index in [0.29, 0.717) is 30.8 Å². The van der Waals surface area contributed by atoms with Crippen LogP contribution in [0.1, 0.15) is 36.8 Å². The molecule has 6 heteroatoms. The van der Waals surface area contributed by atoms with Gasteiger partial charge < -0.3 is 9.64 Å². The predicted molar refractivity (Wildman–Crippen MR) is 109 cm³/mol. The second-order valence-corrected chi connectivity index (χ2v) is 8.34. The SMILES string of the molecule is COc1ccc(CN2CCC3(CCC(=O)N(Cc4cccnc4)C3)CC2)c(F)c1. The van der Waals surface area contributed by atoms with Crippen LogP contribution in [-0.2, 0) is 17.9 Å². The van der Waals surface area contributed by atoms with Crippen LogP contribution < -0.4 is 4.74 Å². The number of likely N-dealkylation sites (tertiary alicyclic amines) is 2. The van der Waals surface area contributed by atoms with Crippen molar-refractivity contribution in [1.82, 2.24) is 14.8 Å². The molecule has 3 heterocycles. The molecule has 0 aliphatic carbocycles. The van der Waals surface area contributed by atoms with Crippen molar-refractivity contribution in [3.05, 3.63) is 59.7 Å². The molecule has 1 amide bonds. The molecule has 0 radical (unpaired) electrons. The highest BCUT2D eigenvalue weighted by atomic mass is 19.1. The number of ether oxygens (including phenoxy) is 1. The minimum absolute atomic E-state index is 0.186. The number of methoxy groups -OCH3 is 1. The van der Waals surface area contributed by atoms with Gasteiger partial charge in [0.25, 0.3) is 0 Å². The van der Waals surface area contributed by atoms with Crippen LogP contribution in [0.15, 0.2) is 42.7 Å². The maximum atomic E-state index is 14.3. The molecule has 1 aromatic carbocycles. The fourth-order valence-electron chi connectivity index (χ4n) is 4.58. The molecule has 1 spiro atoms. The molecule has 0 unspecified atom stereocenters. The first-order chi connectivity index (χ1) is 14.1. The zero-order valence-corrected chi connectivity index (χ0v) is 16.9. The van der Waals surface area contributed by atoms with E-state index in [2.05, 4.69) is 9.88 Å². The van der Waals surface area contributed by atoms with Crippen LogP contribution in [-0.4, -0.2) is 47.4 Å². The quantitative estimate of drug-likeness (QED) is 0.773. The summed E-state index contributed by atoms with van der Waals surface area (Å²) in [6.07, 6.45) is 7.25. The average molecular weight is 397 g/mol. The Balaban J connectivity index is 1.36. The van der Waals surface area contributed by atoms with Crippen molar-refractivity contribution < 1.29 is 13.9 Å². The molecule has 2 aliphatic rings. The minimum atomic E-state index is -0.212. The van der Waals surface area contributed by atoms with Gasteiger partial charge in [0.15, 0.2) is 0 Å². The van der Waals surface area contributed by atoms with Crippen molar-refractivity contribution in [3.63, 3.8) is 0 Å². The third-order valence-corrected chi connectivity index (χ3v) is 6.42. The van der Waals surface area contributed by atoms with Crippen molar-refractivity contribution in [2.24, 2.45) is 5.41 Å². The van der Waals surface area contributed by atoms with Crippen LogP contribution in [0.3, 0.4) is 0 Å². The summed E-state index contributed by atoms with van der Waals surface area (Å²) in [5.41, 5.74) is 1.97. The maximum absolute atomic E-state index is 14.3. The highest BCUT2D eigenvalue weighted by molar-refractivity contribution is 5.77. The summed E-state index contributed by atoms with van der Waals surface area (Å²) in [6.45, 7) is 3.92. The van der Waals surface area contributed by atoms with E-state index in [4.69, 9.17) is 4.74 Å². The predicted octanol–water partition coefficient (Wildman–Crippen LogP) is 3.63. The third kappa shape index (κ3) is 4.58. The molecule has 29 heavy (non-hydrogen) atoms. The molecule has 2 saturated heterocycles. The topological polar surface area (TPSA) is 45.7 Å². The lowest BCUT2D eigenvalue weighted by Gasteiger charge is -2.47. The van der Waals surface area contributed by atoms with E-state index in [0.717, 1.165) is 44.5 Å². The van der Waals surface area contributed by atoms with Gasteiger partial charge >= 0.3 is 0 Å². The molecule has 0 bridgehead atoms. The number of rotatable bonds is 5. The normalized spacial score (nSPS) is 19.5. The fraction of sp³-hybridized carbons (Fsp3) is 0.478. The molecule has 2 aliphatic heterocycles. The number of hydrogen-bond donors (Lipinski definition) is 0. The summed E-state index contributed by atoms with van der Waals surface area (Å²) in [6, 6.07) is 9.01. The smallest absolute Gasteiger partial charge is 0.222 e. The Kier molecular flexibility index (Phi) is 5.81. The first-order valence-electron chi connectivity index (χ1n) is 10.3. The number of halogens is 1. The Labute approximate surface area is 171 Å². The van der Waals surface area contributed by atoms with E-state index in [9.17, 15) is 9.18 Å². The molecular weight excluding hydrogens is 369 g/mol. The number of benzene rings is 1. The first kappa shape index (κ1) is 19.8. The fourth-order valence-corrected chi connectivity index (χ4v) is 4.58. The minimum Gasteiger partial charge on any atom is -0.497 e. The monoisotopic (exact) mass is 397 g/mol. The first-order valence-corrected chi connectivity index (χ1v) is 10.3. The number of amides is 1. The largest absolute Gasteiger partial charge is 0.497 e. The number of carbonyl (C=O) groups excluding carboxylic acids is 1. The Bertz CT molecular complexity index is 850. The van der Waals surface area contributed by atoms with Crippen LogP contribution >= 0.6 is 0 Å². The van der Waals surface area contributed by atoms with E-state index >= 15 is 0 Å². The molecule has 154 valence electrons. The van der Waals surface area contributed by atoms with Gasteiger partial charge in [-0.05, 0) is 55.5 Å². The van der Waals surface area contributed by atoms with Gasteiger partial charge in [-0.2, -0.15) is 0 Å². The maximum Gasteiger partial charge on any atom is 0.222 e. The van der Waals surface area contributed by atoms with Gasteiger partial charge in [0.05, 0.1) is 7.11 Å². The summed E-state index contributed by atoms with van der Waals surface area (Å²) in [4.78, 5) is 20.9. The van der Waals surface area contributed by atoms with Gasteiger partial charge in [0.2, 0.25) is 5.91 Å². The molecule has 0 saturated carbocycles. The van der Waals surface area contributed by atoms with E-state index in [1.807, 2.05) is 35.4 Å². The van der Waals surface area contributed by atoms with Gasteiger partial charge in [0, 0.05) is 50.1 Å². The standard InChI is InChI=1S/C23H28FN3O2/c1-29-20-5-4-19(21(24)13-20)16-26-11-8-23(9-12-26)7-6-22(28)27(17-23)15-18-3-2-10-25-14-18/h2-5,10,13-14H,6-9,11-12,15-17H2,1H3. The van der Waals surface area contributed by atoms with Gasteiger partial charge in [0.1, 0.15) is 11.6 Å². The molecule has 2 aromatic rings. The van der Waals surface area contributed by atoms with E-state index in [1.165, 1.54) is 6.07 Å². The van der Waals surface area contributed by atoms with Crippen LogP contribution in [0.4, 0.5) is 4.39 Å². The number of aromatic nitrogens is 1. The zero-order valence-electron chi connectivity index (χ0n) is 16.9. The van der Waals surface area contributed by atoms with E-state index in [-0.39, 0.29) is 17.1 Å². The Morgan fingerprint density at radius 2 is 2.00 bits per heavy atom. The van der Waals surface area contributed by atoms with Gasteiger partial charge in [-0.1, -0.05) is 12.1 Å². The average Bonchev–Trinajstić information content (AvgIpc) is 2.75. The van der Waals surface area contributed by atoms with Crippen molar-refractivity contribution in [2.75, 3.05) is 26.7 Å². The summed E-state index contributed by atoms with van der Waals surface area (Å²) in [5, 5.41) is 0. The van der Waals surface area contributed by atoms with Crippen molar-refractivity contribution >= 4 is 5.91 Å². The van der Waals surface area contributed by atoms with Crippen molar-refractivity contribution in [3.8, 4) is 5.75 Å². The van der Waals surface area contributed by atoms with Crippen molar-refractivity contribution in [1.29, 1.82) is 0 Å². The number of carbonyl (C=O) groups is 1. The number of piperidine rings is 2. The van der Waals surface area contributed by atoms with E-state index < -0.39 is 0 Å². The summed E-state index contributed by atoms with van der Waals surface area (Å²) in [5.74, 6) is 0.571. The molecule has 0 N–H and O–H groups in total. The van der Waals surface area contributed by atoms with Gasteiger partial charge in [-0.3, -0.25) is 14.7 Å². The Morgan fingerprint density at radius 1 is 1.17 bits per heavy atom. The summed E-state index contributed by atoms with van der Waals surface area (Å²) < 4.78 is 19.4. The second-order valence-electron chi connectivity index (χ2n) is 8.34. The summed E-state index contributed by atoms with van der Waals surface area (Å²) in [7, 11) is 1.55. The van der Waals surface area contributed by atoms with Crippen LogP contribution in [0.5, 0.6) is 5.75 Å². The lowest BCUT2D eigenvalue weighted by Crippen LogP contribution is -2.51. The number of nitrogens with zero attached hydrogens (tertiary/aromatic N) is 3. The lowest BCUT2D eigenvalue weighted by atomic mass is 9.72. The molecule has 0 atom stereocenters. The summed E-state index contributed by atoms with van der Waals surface area (Å²) >= 11 is 0. The molecule has 5 nitrogen and oxygen atoms in total. The highest BCUT2D eigenvalue weighted by Gasteiger charge is 2.40. The lowest BCUT2D eigenvalue weighted by molar-refractivity contribution is -0.140. The molecule has 1 aromatic heterocycles. The number of pyridine rings is 1.